The van der Waals surface area contributed by atoms with Crippen molar-refractivity contribution in [2.24, 2.45) is 11.8 Å². The molecular weight excluding hydrogens is 466 g/mol. The second-order valence-electron chi connectivity index (χ2n) is 10.00. The Bertz CT molecular complexity index is 1320. The highest BCUT2D eigenvalue weighted by molar-refractivity contribution is 5.91. The highest BCUT2D eigenvalue weighted by Gasteiger charge is 2.29. The summed E-state index contributed by atoms with van der Waals surface area (Å²) in [7, 11) is 0. The molecule has 4 heterocycles. The Hall–Kier alpha value is -2.75. The number of imidazole rings is 2. The number of hydrogen-bond donors (Lipinski definition) is 3. The maximum Gasteiger partial charge on any atom is 0.228 e. The topological polar surface area (TPSA) is 116 Å². The fourth-order valence-electron chi connectivity index (χ4n) is 5.67. The molecular formula is C25H32ClN7O2. The van der Waals surface area contributed by atoms with Crippen LogP contribution in [0.2, 0.25) is 0 Å². The number of aliphatic hydroxyl groups excluding tert-OH is 2. The summed E-state index contributed by atoms with van der Waals surface area (Å²) in [6.45, 7) is 3.42. The molecule has 2 unspecified atom stereocenters. The van der Waals surface area contributed by atoms with Crippen LogP contribution in [-0.4, -0.2) is 65.5 Å². The molecule has 35 heavy (non-hydrogen) atoms. The van der Waals surface area contributed by atoms with Gasteiger partial charge in [-0.05, 0) is 37.3 Å². The van der Waals surface area contributed by atoms with Crippen molar-refractivity contribution in [2.45, 2.75) is 51.2 Å². The van der Waals surface area contributed by atoms with Crippen molar-refractivity contribution < 1.29 is 10.2 Å². The van der Waals surface area contributed by atoms with Gasteiger partial charge >= 0.3 is 0 Å². The molecule has 0 bridgehead atoms. The minimum atomic E-state index is -0.605. The van der Waals surface area contributed by atoms with Crippen LogP contribution >= 0.6 is 12.4 Å². The molecule has 1 aromatic carbocycles. The molecule has 4 aromatic rings. The van der Waals surface area contributed by atoms with Gasteiger partial charge < -0.3 is 24.7 Å². The molecule has 2 aliphatic rings. The molecule has 0 spiro atoms. The van der Waals surface area contributed by atoms with Gasteiger partial charge in [0.15, 0.2) is 5.65 Å². The Morgan fingerprint density at radius 2 is 2.03 bits per heavy atom. The highest BCUT2D eigenvalue weighted by Crippen LogP contribution is 2.35. The lowest BCUT2D eigenvalue weighted by molar-refractivity contribution is 0.0544. The Morgan fingerprint density at radius 1 is 1.14 bits per heavy atom. The van der Waals surface area contributed by atoms with E-state index in [2.05, 4.69) is 44.6 Å². The first-order valence-electron chi connectivity index (χ1n) is 12.3. The van der Waals surface area contributed by atoms with Crippen molar-refractivity contribution in [2.75, 3.05) is 24.6 Å². The Balaban J connectivity index is 0.00000253. The third-order valence-corrected chi connectivity index (χ3v) is 7.66. The molecule has 4 atom stereocenters. The van der Waals surface area contributed by atoms with Crippen LogP contribution in [0.4, 0.5) is 5.95 Å². The lowest BCUT2D eigenvalue weighted by Crippen LogP contribution is -2.45. The first-order valence-corrected chi connectivity index (χ1v) is 12.3. The van der Waals surface area contributed by atoms with Crippen molar-refractivity contribution in [1.82, 2.24) is 29.5 Å². The lowest BCUT2D eigenvalue weighted by Gasteiger charge is -2.35. The molecule has 2 fully saturated rings. The predicted octanol–water partition coefficient (Wildman–Crippen LogP) is 3.72. The Morgan fingerprint density at radius 3 is 2.83 bits per heavy atom. The number of aromatic nitrogens is 6. The number of anilines is 1. The molecule has 1 saturated carbocycles. The zero-order valence-corrected chi connectivity index (χ0v) is 20.7. The van der Waals surface area contributed by atoms with Gasteiger partial charge in [-0.1, -0.05) is 25.8 Å². The normalized spacial score (nSPS) is 25.2. The van der Waals surface area contributed by atoms with Gasteiger partial charge in [-0.3, -0.25) is 0 Å². The van der Waals surface area contributed by atoms with Gasteiger partial charge in [-0.25, -0.2) is 15.0 Å². The van der Waals surface area contributed by atoms with Gasteiger partial charge in [0.2, 0.25) is 5.95 Å². The summed E-state index contributed by atoms with van der Waals surface area (Å²) in [5.41, 5.74) is 5.20. The number of β-amino-alcohol motifs (C(OH)–C–C–N with tert-alkyl or cyclic N) is 1. The highest BCUT2D eigenvalue weighted by atomic mass is 35.5. The number of H-pyrrole nitrogens is 1. The van der Waals surface area contributed by atoms with Gasteiger partial charge in [-0.2, -0.15) is 4.98 Å². The van der Waals surface area contributed by atoms with E-state index in [0.29, 0.717) is 37.1 Å². The molecule has 3 aromatic heterocycles. The van der Waals surface area contributed by atoms with E-state index in [1.54, 1.807) is 6.33 Å². The van der Waals surface area contributed by atoms with E-state index in [1.807, 2.05) is 11.2 Å². The smallest absolute Gasteiger partial charge is 0.228 e. The standard InChI is InChI=1S/C25H31N7O2.ClH/c1-15-3-2-4-18(9-15)32-14-28-19-10-16(5-6-20(19)32)22-23-24(27-13-26-23)30-25(29-22)31-8-7-17(12-33)21(34)11-31;/h5-6,10,13-15,17-18,21,33-34H,2-4,7-9,11-12H2,1H3,(H,26,27,29,30);1H/t15?,17-,18?,21+;/m1./s1. The maximum atomic E-state index is 10.4. The number of fused-ring (bicyclic) bond motifs is 2. The van der Waals surface area contributed by atoms with Crippen LogP contribution in [0.15, 0.2) is 30.9 Å². The summed E-state index contributed by atoms with van der Waals surface area (Å²) < 4.78 is 2.34. The molecule has 3 N–H and O–H groups in total. The van der Waals surface area contributed by atoms with Gasteiger partial charge in [0.25, 0.3) is 0 Å². The molecule has 6 rings (SSSR count). The number of piperidine rings is 1. The number of aliphatic hydroxyl groups is 2. The summed E-state index contributed by atoms with van der Waals surface area (Å²) in [6, 6.07) is 6.84. The van der Waals surface area contributed by atoms with E-state index in [9.17, 15) is 10.2 Å². The molecule has 10 heteroatoms. The predicted molar refractivity (Wildman–Crippen MR) is 138 cm³/mol. The van der Waals surface area contributed by atoms with Crippen molar-refractivity contribution in [3.8, 4) is 11.3 Å². The number of rotatable bonds is 4. The van der Waals surface area contributed by atoms with Crippen molar-refractivity contribution in [3.63, 3.8) is 0 Å². The van der Waals surface area contributed by atoms with Crippen molar-refractivity contribution >= 4 is 40.6 Å². The molecule has 0 amide bonds. The fourth-order valence-corrected chi connectivity index (χ4v) is 5.67. The second-order valence-corrected chi connectivity index (χ2v) is 10.00. The van der Waals surface area contributed by atoms with Gasteiger partial charge in [0.05, 0.1) is 29.8 Å². The summed E-state index contributed by atoms with van der Waals surface area (Å²) >= 11 is 0. The summed E-state index contributed by atoms with van der Waals surface area (Å²) in [6.07, 6.45) is 8.71. The zero-order valence-electron chi connectivity index (χ0n) is 19.8. The van der Waals surface area contributed by atoms with Crippen LogP contribution in [-0.2, 0) is 0 Å². The quantitative estimate of drug-likeness (QED) is 0.393. The van der Waals surface area contributed by atoms with E-state index in [0.717, 1.165) is 33.7 Å². The van der Waals surface area contributed by atoms with Crippen LogP contribution < -0.4 is 4.90 Å². The molecule has 9 nitrogen and oxygen atoms in total. The Labute approximate surface area is 210 Å². The molecule has 1 aliphatic heterocycles. The van der Waals surface area contributed by atoms with E-state index in [4.69, 9.17) is 9.97 Å². The number of benzene rings is 1. The van der Waals surface area contributed by atoms with Crippen LogP contribution in [0.25, 0.3) is 33.5 Å². The third-order valence-electron chi connectivity index (χ3n) is 7.66. The SMILES string of the molecule is CC1CCCC(n2cnc3cc(-c4nc(N5CC[C@H](CO)[C@@H](O)C5)nc5[nH]cnc45)ccc32)C1.Cl. The third kappa shape index (κ3) is 4.37. The van der Waals surface area contributed by atoms with Crippen molar-refractivity contribution in [3.05, 3.63) is 30.9 Å². The number of hydrogen-bond acceptors (Lipinski definition) is 7. The number of aromatic amines is 1. The van der Waals surface area contributed by atoms with Crippen LogP contribution in [0.3, 0.4) is 0 Å². The first kappa shape index (κ1) is 24.0. The first-order chi connectivity index (χ1) is 16.6. The van der Waals surface area contributed by atoms with Crippen LogP contribution in [0.1, 0.15) is 45.1 Å². The van der Waals surface area contributed by atoms with Crippen molar-refractivity contribution in [1.29, 1.82) is 0 Å². The summed E-state index contributed by atoms with van der Waals surface area (Å²) in [4.78, 5) is 23.9. The number of nitrogens with zero attached hydrogens (tertiary/aromatic N) is 6. The summed E-state index contributed by atoms with van der Waals surface area (Å²) in [5, 5.41) is 19.9. The van der Waals surface area contributed by atoms with Crippen LogP contribution in [0, 0.1) is 11.8 Å². The van der Waals surface area contributed by atoms with E-state index >= 15 is 0 Å². The largest absolute Gasteiger partial charge is 0.396 e. The number of halogens is 1. The molecule has 1 saturated heterocycles. The van der Waals surface area contributed by atoms with E-state index < -0.39 is 6.10 Å². The zero-order chi connectivity index (χ0) is 23.2. The van der Waals surface area contributed by atoms with E-state index in [1.165, 1.54) is 25.7 Å². The lowest BCUT2D eigenvalue weighted by atomic mass is 9.87. The minimum Gasteiger partial charge on any atom is -0.396 e. The summed E-state index contributed by atoms with van der Waals surface area (Å²) in [5.74, 6) is 1.21. The molecule has 186 valence electrons. The fraction of sp³-hybridized carbons (Fsp3) is 0.520. The number of nitrogens with one attached hydrogen (secondary N) is 1. The molecule has 0 radical (unpaired) electrons. The monoisotopic (exact) mass is 497 g/mol. The van der Waals surface area contributed by atoms with Gasteiger partial charge in [0.1, 0.15) is 11.2 Å². The van der Waals surface area contributed by atoms with Crippen LogP contribution in [0.5, 0.6) is 0 Å². The Kier molecular flexibility index (Phi) is 6.65. The second kappa shape index (κ2) is 9.72. The average molecular weight is 498 g/mol. The average Bonchev–Trinajstić information content (AvgIpc) is 3.50. The van der Waals surface area contributed by atoms with E-state index in [-0.39, 0.29) is 24.9 Å². The minimum absolute atomic E-state index is 0. The van der Waals surface area contributed by atoms with Gasteiger partial charge in [0, 0.05) is 37.2 Å². The van der Waals surface area contributed by atoms with Gasteiger partial charge in [-0.15, -0.1) is 12.4 Å². The molecule has 1 aliphatic carbocycles. The maximum absolute atomic E-state index is 10.4.